The molecule has 0 atom stereocenters. The third-order valence-corrected chi connectivity index (χ3v) is 13.1. The maximum atomic E-state index is 11.7. The summed E-state index contributed by atoms with van der Waals surface area (Å²) in [7, 11) is 0. The van der Waals surface area contributed by atoms with Crippen molar-refractivity contribution in [3.8, 4) is 73.9 Å². The summed E-state index contributed by atoms with van der Waals surface area (Å²) in [5, 5.41) is 16.1. The molecule has 0 N–H and O–H groups in total. The van der Waals surface area contributed by atoms with Crippen LogP contribution in [0.15, 0.2) is 194 Å². The maximum absolute atomic E-state index is 11.7. The Morgan fingerprint density at radius 2 is 0.691 bits per heavy atom. The summed E-state index contributed by atoms with van der Waals surface area (Å²) in [5.74, 6) is 1.63. The Morgan fingerprint density at radius 3 is 1.10 bits per heavy atom. The molecule has 0 fully saturated rings. The molecule has 0 unspecified atom stereocenters. The summed E-state index contributed by atoms with van der Waals surface area (Å²) in [6.07, 6.45) is 0. The third-order valence-electron chi connectivity index (χ3n) is 13.1. The molecule has 0 radical (unpaired) electrons. The van der Waals surface area contributed by atoms with E-state index in [9.17, 15) is 5.26 Å². The van der Waals surface area contributed by atoms with Crippen LogP contribution in [0.25, 0.3) is 111 Å². The normalized spacial score (nSPS) is 11.5. The number of benzene rings is 9. The van der Waals surface area contributed by atoms with E-state index in [1.54, 1.807) is 0 Å². The first-order valence-corrected chi connectivity index (χ1v) is 23.0. The van der Waals surface area contributed by atoms with Crippen LogP contribution in [0.5, 0.6) is 0 Å². The van der Waals surface area contributed by atoms with E-state index in [4.69, 9.17) is 15.0 Å². The minimum Gasteiger partial charge on any atom is -0.308 e. The molecule has 0 saturated heterocycles. The maximum Gasteiger partial charge on any atom is 0.164 e. The molecule has 68 heavy (non-hydrogen) atoms. The van der Waals surface area contributed by atoms with Crippen LogP contribution in [0.4, 0.5) is 0 Å². The molecule has 6 nitrogen and oxygen atoms in total. The number of nitriles is 1. The molecule has 3 heterocycles. The number of aryl methyl sites for hydroxylation is 4. The zero-order chi connectivity index (χ0) is 46.0. The predicted molar refractivity (Wildman–Crippen MR) is 279 cm³/mol. The molecule has 0 spiro atoms. The lowest BCUT2D eigenvalue weighted by atomic mass is 9.99. The Bertz CT molecular complexity index is 3730. The van der Waals surface area contributed by atoms with E-state index in [0.717, 1.165) is 82.8 Å². The van der Waals surface area contributed by atoms with Crippen molar-refractivity contribution in [2.75, 3.05) is 0 Å². The lowest BCUT2D eigenvalue weighted by Gasteiger charge is -2.18. The number of nitrogens with zero attached hydrogens (tertiary/aromatic N) is 6. The molecule has 322 valence electrons. The topological polar surface area (TPSA) is 72.3 Å². The molecule has 0 bridgehead atoms. The fraction of sp³-hybridized carbons (Fsp3) is 0.0645. The first kappa shape index (κ1) is 40.6. The largest absolute Gasteiger partial charge is 0.308 e. The summed E-state index contributed by atoms with van der Waals surface area (Å²) in [6.45, 7) is 8.59. The average Bonchev–Trinajstić information content (AvgIpc) is 3.88. The van der Waals surface area contributed by atoms with E-state index in [0.29, 0.717) is 23.0 Å². The lowest BCUT2D eigenvalue weighted by molar-refractivity contribution is 1.06. The second kappa shape index (κ2) is 16.2. The lowest BCUT2D eigenvalue weighted by Crippen LogP contribution is -2.07. The fourth-order valence-corrected chi connectivity index (χ4v) is 10.3. The highest BCUT2D eigenvalue weighted by molar-refractivity contribution is 6.12. The Hall–Kier alpha value is -8.92. The van der Waals surface area contributed by atoms with Gasteiger partial charge in [0.25, 0.3) is 0 Å². The van der Waals surface area contributed by atoms with Gasteiger partial charge >= 0.3 is 0 Å². The minimum atomic E-state index is 0.500. The van der Waals surface area contributed by atoms with Crippen molar-refractivity contribution in [2.45, 2.75) is 27.7 Å². The van der Waals surface area contributed by atoms with E-state index in [-0.39, 0.29) is 0 Å². The van der Waals surface area contributed by atoms with E-state index in [2.05, 4.69) is 176 Å². The molecule has 0 aliphatic heterocycles. The molecule has 0 saturated carbocycles. The first-order chi connectivity index (χ1) is 33.3. The van der Waals surface area contributed by atoms with Crippen LogP contribution in [-0.2, 0) is 0 Å². The molecule has 0 aliphatic rings. The number of hydrogen-bond acceptors (Lipinski definition) is 4. The highest BCUT2D eigenvalue weighted by Crippen LogP contribution is 2.42. The molecular weight excluding hydrogens is 829 g/mol. The van der Waals surface area contributed by atoms with Crippen LogP contribution in [0.3, 0.4) is 0 Å². The Morgan fingerprint density at radius 1 is 0.324 bits per heavy atom. The molecule has 9 aromatic carbocycles. The van der Waals surface area contributed by atoms with E-state index >= 15 is 0 Å². The summed E-state index contributed by atoms with van der Waals surface area (Å²) in [4.78, 5) is 15.5. The van der Waals surface area contributed by atoms with Gasteiger partial charge < -0.3 is 9.13 Å². The van der Waals surface area contributed by atoms with Gasteiger partial charge in [0, 0.05) is 38.2 Å². The third kappa shape index (κ3) is 6.92. The molecule has 0 aliphatic carbocycles. The van der Waals surface area contributed by atoms with E-state index in [1.807, 2.05) is 60.7 Å². The van der Waals surface area contributed by atoms with Gasteiger partial charge in [0.15, 0.2) is 17.5 Å². The second-order valence-corrected chi connectivity index (χ2v) is 18.0. The van der Waals surface area contributed by atoms with E-state index in [1.165, 1.54) is 33.4 Å². The van der Waals surface area contributed by atoms with Gasteiger partial charge in [-0.15, -0.1) is 0 Å². The quantitative estimate of drug-likeness (QED) is 0.160. The second-order valence-electron chi connectivity index (χ2n) is 18.0. The van der Waals surface area contributed by atoms with Crippen LogP contribution < -0.4 is 0 Å². The highest BCUT2D eigenvalue weighted by atomic mass is 15.1. The van der Waals surface area contributed by atoms with Crippen LogP contribution in [0.2, 0.25) is 0 Å². The van der Waals surface area contributed by atoms with Gasteiger partial charge in [-0.25, -0.2) is 15.0 Å². The van der Waals surface area contributed by atoms with Crippen LogP contribution in [-0.4, -0.2) is 24.1 Å². The van der Waals surface area contributed by atoms with Crippen molar-refractivity contribution in [1.82, 2.24) is 24.1 Å². The van der Waals surface area contributed by atoms with Crippen LogP contribution in [0, 0.1) is 39.0 Å². The van der Waals surface area contributed by atoms with Gasteiger partial charge in [-0.2, -0.15) is 5.26 Å². The van der Waals surface area contributed by atoms with Gasteiger partial charge in [-0.05, 0) is 98.5 Å². The molecule has 12 rings (SSSR count). The van der Waals surface area contributed by atoms with Gasteiger partial charge in [0.2, 0.25) is 0 Å². The Labute approximate surface area is 394 Å². The molecule has 12 aromatic rings. The SMILES string of the molecule is Cc1cc(C)cc(-c2ccc3c(c2)c2ccccc2n3-c2cc(-c3nc(-c4ccccc4)nc(-c4ccccc4)n3)cc(-n3c4ccccc4c4cc(-c5cc(C)cc(C)c5)ccc43)c2C#N)c1. The molecule has 3 aromatic heterocycles. The summed E-state index contributed by atoms with van der Waals surface area (Å²) in [6, 6.07) is 70.8. The van der Waals surface area contributed by atoms with Crippen molar-refractivity contribution in [1.29, 1.82) is 5.26 Å². The standard InChI is InChI=1S/C62H44N6/c1-38-27-39(2)30-46(29-38)44-23-25-56-51(33-44)49-19-11-13-21-54(49)67(56)58-35-48(62-65-60(42-15-7-5-8-16-42)64-61(66-62)43-17-9-6-10-18-43)36-59(53(58)37-63)68-55-22-14-12-20-50(55)52-34-45(24-26-57(52)68)47-31-40(3)28-41(4)32-47/h5-36H,1-4H3. The van der Waals surface area contributed by atoms with Crippen molar-refractivity contribution in [3.63, 3.8) is 0 Å². The molecular formula is C62H44N6. The summed E-state index contributed by atoms with van der Waals surface area (Å²) in [5.41, 5.74) is 18.0. The summed E-state index contributed by atoms with van der Waals surface area (Å²) < 4.78 is 4.51. The van der Waals surface area contributed by atoms with Crippen molar-refractivity contribution < 1.29 is 0 Å². The Balaban J connectivity index is 1.18. The van der Waals surface area contributed by atoms with Crippen molar-refractivity contribution in [3.05, 3.63) is 222 Å². The number of fused-ring (bicyclic) bond motifs is 6. The van der Waals surface area contributed by atoms with Gasteiger partial charge in [0.1, 0.15) is 11.6 Å². The minimum absolute atomic E-state index is 0.500. The van der Waals surface area contributed by atoms with E-state index < -0.39 is 0 Å². The van der Waals surface area contributed by atoms with Crippen LogP contribution >= 0.6 is 0 Å². The Kier molecular flexibility index (Phi) is 9.67. The number of aromatic nitrogens is 5. The van der Waals surface area contributed by atoms with Crippen LogP contribution in [0.1, 0.15) is 27.8 Å². The number of para-hydroxylation sites is 2. The number of hydrogen-bond donors (Lipinski definition) is 0. The monoisotopic (exact) mass is 872 g/mol. The smallest absolute Gasteiger partial charge is 0.164 e. The first-order valence-electron chi connectivity index (χ1n) is 23.0. The van der Waals surface area contributed by atoms with Gasteiger partial charge in [0.05, 0.1) is 33.4 Å². The van der Waals surface area contributed by atoms with Gasteiger partial charge in [-0.1, -0.05) is 168 Å². The fourth-order valence-electron chi connectivity index (χ4n) is 10.3. The zero-order valence-corrected chi connectivity index (χ0v) is 38.2. The predicted octanol–water partition coefficient (Wildman–Crippen LogP) is 15.5. The van der Waals surface area contributed by atoms with Crippen molar-refractivity contribution in [2.24, 2.45) is 0 Å². The zero-order valence-electron chi connectivity index (χ0n) is 38.2. The average molecular weight is 873 g/mol. The number of rotatable bonds is 7. The summed E-state index contributed by atoms with van der Waals surface area (Å²) >= 11 is 0. The molecule has 6 heteroatoms. The molecule has 0 amide bonds. The highest BCUT2D eigenvalue weighted by Gasteiger charge is 2.24. The van der Waals surface area contributed by atoms with Gasteiger partial charge in [-0.3, -0.25) is 0 Å². The van der Waals surface area contributed by atoms with Crippen molar-refractivity contribution >= 4 is 43.6 Å².